The van der Waals surface area contributed by atoms with Gasteiger partial charge in [0.15, 0.2) is 0 Å². The van der Waals surface area contributed by atoms with Crippen molar-refractivity contribution >= 4 is 22.0 Å². The highest BCUT2D eigenvalue weighted by molar-refractivity contribution is 7.89. The molecule has 1 saturated carbocycles. The summed E-state index contributed by atoms with van der Waals surface area (Å²) in [5.74, 6) is -1.02. The summed E-state index contributed by atoms with van der Waals surface area (Å²) in [5, 5.41) is 12.0. The van der Waals surface area contributed by atoms with Crippen LogP contribution in [0.25, 0.3) is 0 Å². The first kappa shape index (κ1) is 20.9. The highest BCUT2D eigenvalue weighted by Crippen LogP contribution is 2.24. The molecule has 0 atom stereocenters. The minimum Gasteiger partial charge on any atom is -0.481 e. The normalized spacial score (nSPS) is 25.0. The average Bonchev–Trinajstić information content (AvgIpc) is 2.62. The van der Waals surface area contributed by atoms with Crippen LogP contribution in [0.5, 0.6) is 0 Å². The van der Waals surface area contributed by atoms with Crippen molar-refractivity contribution in [1.29, 1.82) is 0 Å². The van der Waals surface area contributed by atoms with Crippen LogP contribution >= 0.6 is 0 Å². The van der Waals surface area contributed by atoms with Gasteiger partial charge in [-0.25, -0.2) is 13.2 Å². The molecule has 0 aromatic carbocycles. The van der Waals surface area contributed by atoms with E-state index < -0.39 is 16.0 Å². The van der Waals surface area contributed by atoms with E-state index >= 15 is 0 Å². The van der Waals surface area contributed by atoms with E-state index in [1.807, 2.05) is 0 Å². The van der Waals surface area contributed by atoms with Crippen LogP contribution in [-0.4, -0.2) is 86.4 Å². The molecule has 0 aromatic heterocycles. The van der Waals surface area contributed by atoms with Gasteiger partial charge in [0, 0.05) is 45.9 Å². The maximum Gasteiger partial charge on any atom is 0.317 e. The third-order valence-electron chi connectivity index (χ3n) is 5.07. The molecule has 1 heterocycles. The van der Waals surface area contributed by atoms with Crippen LogP contribution in [0.4, 0.5) is 4.79 Å². The number of aliphatic carboxylic acids is 1. The summed E-state index contributed by atoms with van der Waals surface area (Å²) in [6, 6.07) is -0.200. The predicted octanol–water partition coefficient (Wildman–Crippen LogP) is 0.323. The fraction of sp³-hybridized carbons (Fsp3) is 0.875. The average molecular weight is 391 g/mol. The number of nitrogens with one attached hydrogen (secondary N) is 1. The summed E-state index contributed by atoms with van der Waals surface area (Å²) < 4.78 is 30.8. The highest BCUT2D eigenvalue weighted by Gasteiger charge is 2.31. The van der Waals surface area contributed by atoms with E-state index in [0.717, 1.165) is 0 Å². The molecule has 1 aliphatic carbocycles. The van der Waals surface area contributed by atoms with E-state index in [2.05, 4.69) is 5.32 Å². The fourth-order valence-corrected chi connectivity index (χ4v) is 4.90. The maximum absolute atomic E-state index is 12.4. The molecule has 9 nitrogen and oxygen atoms in total. The zero-order valence-corrected chi connectivity index (χ0v) is 16.0. The number of nitrogens with zero attached hydrogens (tertiary/aromatic N) is 2. The van der Waals surface area contributed by atoms with E-state index in [0.29, 0.717) is 64.9 Å². The number of rotatable bonds is 7. The number of amides is 2. The van der Waals surface area contributed by atoms with Crippen LogP contribution in [0.3, 0.4) is 0 Å². The second-order valence-electron chi connectivity index (χ2n) is 6.88. The van der Waals surface area contributed by atoms with Gasteiger partial charge in [-0.3, -0.25) is 4.79 Å². The largest absolute Gasteiger partial charge is 0.481 e. The Morgan fingerprint density at radius 2 is 1.73 bits per heavy atom. The van der Waals surface area contributed by atoms with Gasteiger partial charge in [-0.2, -0.15) is 4.31 Å². The molecule has 2 N–H and O–H groups in total. The monoisotopic (exact) mass is 391 g/mol. The van der Waals surface area contributed by atoms with Gasteiger partial charge in [0.25, 0.3) is 0 Å². The van der Waals surface area contributed by atoms with Crippen molar-refractivity contribution in [3.05, 3.63) is 0 Å². The van der Waals surface area contributed by atoms with E-state index in [4.69, 9.17) is 9.84 Å². The summed E-state index contributed by atoms with van der Waals surface area (Å²) in [6.45, 7) is 1.73. The van der Waals surface area contributed by atoms with Crippen LogP contribution in [0.2, 0.25) is 0 Å². The summed E-state index contributed by atoms with van der Waals surface area (Å²) in [5.41, 5.74) is 0. The van der Waals surface area contributed by atoms with Crippen molar-refractivity contribution in [3.8, 4) is 0 Å². The standard InChI is InChI=1S/C16H29N3O6S/c1-25-11-2-12-26(23,24)19-9-7-18(8-10-19)16(22)17-14-5-3-13(4-6-14)15(20)21/h13-14H,2-12H2,1H3,(H,17,22)(H,20,21). The van der Waals surface area contributed by atoms with Crippen LogP contribution in [0.1, 0.15) is 32.1 Å². The first-order valence-corrected chi connectivity index (χ1v) is 10.7. The van der Waals surface area contributed by atoms with Gasteiger partial charge in [0.05, 0.1) is 11.7 Å². The minimum absolute atomic E-state index is 0.00564. The fourth-order valence-electron chi connectivity index (χ4n) is 3.43. The minimum atomic E-state index is -3.31. The Balaban J connectivity index is 1.74. The first-order valence-electron chi connectivity index (χ1n) is 9.08. The molecule has 10 heteroatoms. The van der Waals surface area contributed by atoms with E-state index in [1.54, 1.807) is 4.90 Å². The number of urea groups is 1. The number of hydrogen-bond acceptors (Lipinski definition) is 5. The second-order valence-corrected chi connectivity index (χ2v) is 8.97. The Morgan fingerprint density at radius 3 is 2.27 bits per heavy atom. The number of carboxylic acids is 1. The topological polar surface area (TPSA) is 116 Å². The SMILES string of the molecule is COCCCS(=O)(=O)N1CCN(C(=O)NC2CCC(C(=O)O)CC2)CC1. The molecule has 150 valence electrons. The number of carbonyl (C=O) groups is 2. The lowest BCUT2D eigenvalue weighted by Crippen LogP contribution is -2.55. The lowest BCUT2D eigenvalue weighted by molar-refractivity contribution is -0.142. The molecule has 26 heavy (non-hydrogen) atoms. The van der Waals surface area contributed by atoms with Gasteiger partial charge in [0.1, 0.15) is 0 Å². The third kappa shape index (κ3) is 5.82. The second kappa shape index (κ2) is 9.52. The van der Waals surface area contributed by atoms with Gasteiger partial charge in [-0.05, 0) is 32.1 Å². The molecule has 1 saturated heterocycles. The summed E-state index contributed by atoms with van der Waals surface area (Å²) in [4.78, 5) is 25.0. The molecule has 0 aromatic rings. The van der Waals surface area contributed by atoms with Crippen LogP contribution in [-0.2, 0) is 19.6 Å². The lowest BCUT2D eigenvalue weighted by Gasteiger charge is -2.35. The molecular formula is C16H29N3O6S. The Bertz CT molecular complexity index is 581. The molecule has 2 rings (SSSR count). The van der Waals surface area contributed by atoms with Gasteiger partial charge in [0.2, 0.25) is 10.0 Å². The highest BCUT2D eigenvalue weighted by atomic mass is 32.2. The summed E-state index contributed by atoms with van der Waals surface area (Å²) in [7, 11) is -1.77. The van der Waals surface area contributed by atoms with E-state index in [9.17, 15) is 18.0 Å². The number of methoxy groups -OCH3 is 1. The predicted molar refractivity (Wildman–Crippen MR) is 95.3 cm³/mol. The molecule has 2 aliphatic rings. The quantitative estimate of drug-likeness (QED) is 0.604. The lowest BCUT2D eigenvalue weighted by atomic mass is 9.86. The summed E-state index contributed by atoms with van der Waals surface area (Å²) in [6.07, 6.45) is 2.94. The molecule has 0 unspecified atom stereocenters. The zero-order chi connectivity index (χ0) is 19.2. The molecule has 0 radical (unpaired) electrons. The molecular weight excluding hydrogens is 362 g/mol. The van der Waals surface area contributed by atoms with E-state index in [1.165, 1.54) is 11.4 Å². The molecule has 1 aliphatic heterocycles. The Hall–Kier alpha value is -1.39. The summed E-state index contributed by atoms with van der Waals surface area (Å²) >= 11 is 0. The number of piperazine rings is 1. The smallest absolute Gasteiger partial charge is 0.317 e. The number of ether oxygens (including phenoxy) is 1. The van der Waals surface area contributed by atoms with Gasteiger partial charge in [-0.15, -0.1) is 0 Å². The first-order chi connectivity index (χ1) is 12.3. The Kier molecular flexibility index (Phi) is 7.66. The van der Waals surface area contributed by atoms with Crippen molar-refractivity contribution in [2.24, 2.45) is 5.92 Å². The number of sulfonamides is 1. The van der Waals surface area contributed by atoms with Gasteiger partial charge < -0.3 is 20.1 Å². The zero-order valence-electron chi connectivity index (χ0n) is 15.2. The van der Waals surface area contributed by atoms with Crippen LogP contribution in [0.15, 0.2) is 0 Å². The van der Waals surface area contributed by atoms with Crippen molar-refractivity contribution in [1.82, 2.24) is 14.5 Å². The number of carboxylic acid groups (broad SMARTS) is 1. The number of hydrogen-bond donors (Lipinski definition) is 2. The third-order valence-corrected chi connectivity index (χ3v) is 7.03. The van der Waals surface area contributed by atoms with Crippen molar-refractivity contribution in [3.63, 3.8) is 0 Å². The van der Waals surface area contributed by atoms with Crippen molar-refractivity contribution < 1.29 is 27.9 Å². The van der Waals surface area contributed by atoms with Crippen molar-refractivity contribution in [2.45, 2.75) is 38.1 Å². The van der Waals surface area contributed by atoms with E-state index in [-0.39, 0.29) is 23.7 Å². The van der Waals surface area contributed by atoms with Gasteiger partial charge >= 0.3 is 12.0 Å². The van der Waals surface area contributed by atoms with Gasteiger partial charge in [-0.1, -0.05) is 0 Å². The Morgan fingerprint density at radius 1 is 1.12 bits per heavy atom. The maximum atomic E-state index is 12.4. The van der Waals surface area contributed by atoms with Crippen molar-refractivity contribution in [2.75, 3.05) is 45.6 Å². The number of carbonyl (C=O) groups excluding carboxylic acids is 1. The Labute approximate surface area is 154 Å². The molecule has 0 spiro atoms. The molecule has 2 amide bonds. The van der Waals surface area contributed by atoms with Crippen LogP contribution in [0, 0.1) is 5.92 Å². The molecule has 0 bridgehead atoms. The van der Waals surface area contributed by atoms with Crippen LogP contribution < -0.4 is 5.32 Å². The molecule has 2 fully saturated rings.